The van der Waals surface area contributed by atoms with Crippen molar-refractivity contribution in [3.63, 3.8) is 0 Å². The highest BCUT2D eigenvalue weighted by Gasteiger charge is 2.31. The molecule has 1 N–H and O–H groups in total. The van der Waals surface area contributed by atoms with Gasteiger partial charge in [0.05, 0.1) is 0 Å². The van der Waals surface area contributed by atoms with Gasteiger partial charge in [0.15, 0.2) is 0 Å². The van der Waals surface area contributed by atoms with Crippen LogP contribution < -0.4 is 5.32 Å². The molecule has 0 aliphatic heterocycles. The maximum absolute atomic E-state index is 3.75. The summed E-state index contributed by atoms with van der Waals surface area (Å²) in [5, 5.41) is 3.75. The fourth-order valence-corrected chi connectivity index (χ4v) is 3.02. The summed E-state index contributed by atoms with van der Waals surface area (Å²) in [4.78, 5) is 0. The first kappa shape index (κ1) is 12.0. The summed E-state index contributed by atoms with van der Waals surface area (Å²) < 4.78 is 0. The fraction of sp³-hybridized carbons (Fsp3) is 0.529. The van der Waals surface area contributed by atoms with Crippen molar-refractivity contribution in [1.29, 1.82) is 0 Å². The molecule has 0 bridgehead atoms. The molecule has 0 radical (unpaired) electrons. The van der Waals surface area contributed by atoms with Crippen LogP contribution in [0.5, 0.6) is 0 Å². The number of allylic oxidation sites excluding steroid dienone is 1. The van der Waals surface area contributed by atoms with Gasteiger partial charge in [0, 0.05) is 6.04 Å². The third-order valence-corrected chi connectivity index (χ3v) is 4.22. The molecular formula is C17H23N. The van der Waals surface area contributed by atoms with Gasteiger partial charge in [-0.15, -0.1) is 0 Å². The molecule has 0 heterocycles. The standard InChI is InChI=1S/C17H23N/c1-2-11-18-17(14-8-9-14)12-15-10-7-13-5-3-4-6-16(13)15/h3-6,10,14,17-18H,2,7-9,11-12H2,1H3. The van der Waals surface area contributed by atoms with E-state index in [1.54, 1.807) is 5.57 Å². The molecule has 2 aliphatic carbocycles. The Balaban J connectivity index is 1.68. The summed E-state index contributed by atoms with van der Waals surface area (Å²) in [7, 11) is 0. The van der Waals surface area contributed by atoms with Crippen molar-refractivity contribution in [3.8, 4) is 0 Å². The van der Waals surface area contributed by atoms with E-state index < -0.39 is 0 Å². The fourth-order valence-electron chi connectivity index (χ4n) is 3.02. The predicted molar refractivity (Wildman–Crippen MR) is 77.5 cm³/mol. The normalized spacial score (nSPS) is 19.5. The lowest BCUT2D eigenvalue weighted by Crippen LogP contribution is -2.31. The largest absolute Gasteiger partial charge is 0.313 e. The van der Waals surface area contributed by atoms with Crippen molar-refractivity contribution in [2.24, 2.45) is 5.92 Å². The first-order chi connectivity index (χ1) is 8.88. The number of nitrogens with one attached hydrogen (secondary N) is 1. The molecule has 18 heavy (non-hydrogen) atoms. The van der Waals surface area contributed by atoms with Crippen molar-refractivity contribution < 1.29 is 0 Å². The molecule has 1 saturated carbocycles. The van der Waals surface area contributed by atoms with Gasteiger partial charge in [-0.05, 0) is 61.3 Å². The number of hydrogen-bond acceptors (Lipinski definition) is 1. The third kappa shape index (κ3) is 2.51. The second-order valence-electron chi connectivity index (χ2n) is 5.69. The lowest BCUT2D eigenvalue weighted by atomic mass is 9.97. The summed E-state index contributed by atoms with van der Waals surface area (Å²) in [6.07, 6.45) is 8.89. The SMILES string of the molecule is CCCNC(CC1=CCc2ccccc21)C1CC1. The van der Waals surface area contributed by atoms with E-state index in [9.17, 15) is 0 Å². The van der Waals surface area contributed by atoms with Crippen LogP contribution in [-0.4, -0.2) is 12.6 Å². The van der Waals surface area contributed by atoms with Gasteiger partial charge in [-0.3, -0.25) is 0 Å². The van der Waals surface area contributed by atoms with Gasteiger partial charge in [0.2, 0.25) is 0 Å². The Morgan fingerprint density at radius 3 is 2.89 bits per heavy atom. The average molecular weight is 241 g/mol. The van der Waals surface area contributed by atoms with Gasteiger partial charge in [-0.2, -0.15) is 0 Å². The summed E-state index contributed by atoms with van der Waals surface area (Å²) in [6, 6.07) is 9.59. The molecular weight excluding hydrogens is 218 g/mol. The Kier molecular flexibility index (Phi) is 3.51. The van der Waals surface area contributed by atoms with E-state index in [-0.39, 0.29) is 0 Å². The van der Waals surface area contributed by atoms with Crippen LogP contribution in [0.1, 0.15) is 43.7 Å². The molecule has 1 fully saturated rings. The Hall–Kier alpha value is -1.08. The van der Waals surface area contributed by atoms with Crippen LogP contribution in [0.25, 0.3) is 5.57 Å². The minimum Gasteiger partial charge on any atom is -0.313 e. The number of benzene rings is 1. The van der Waals surface area contributed by atoms with Gasteiger partial charge in [0.1, 0.15) is 0 Å². The van der Waals surface area contributed by atoms with Crippen LogP contribution in [0.2, 0.25) is 0 Å². The number of hydrogen-bond donors (Lipinski definition) is 1. The van der Waals surface area contributed by atoms with Crippen LogP contribution in [0.15, 0.2) is 30.3 Å². The smallest absolute Gasteiger partial charge is 0.0136 e. The Bertz CT molecular complexity index is 443. The Morgan fingerprint density at radius 1 is 1.28 bits per heavy atom. The zero-order chi connectivity index (χ0) is 12.4. The molecule has 2 aliphatic rings. The zero-order valence-corrected chi connectivity index (χ0v) is 11.3. The second-order valence-corrected chi connectivity index (χ2v) is 5.69. The van der Waals surface area contributed by atoms with E-state index in [0.717, 1.165) is 18.9 Å². The highest BCUT2D eigenvalue weighted by atomic mass is 14.9. The van der Waals surface area contributed by atoms with Gasteiger partial charge in [-0.1, -0.05) is 37.3 Å². The molecule has 1 atom stereocenters. The third-order valence-electron chi connectivity index (χ3n) is 4.22. The Labute approximate surface area is 110 Å². The highest BCUT2D eigenvalue weighted by molar-refractivity contribution is 5.73. The van der Waals surface area contributed by atoms with E-state index in [0.29, 0.717) is 6.04 Å². The zero-order valence-electron chi connectivity index (χ0n) is 11.3. The average Bonchev–Trinajstić information content (AvgIpc) is 3.17. The predicted octanol–water partition coefficient (Wildman–Crippen LogP) is 3.79. The second kappa shape index (κ2) is 5.27. The van der Waals surface area contributed by atoms with Crippen molar-refractivity contribution in [3.05, 3.63) is 41.5 Å². The highest BCUT2D eigenvalue weighted by Crippen LogP contribution is 2.38. The quantitative estimate of drug-likeness (QED) is 0.799. The van der Waals surface area contributed by atoms with Crippen LogP contribution in [0.3, 0.4) is 0 Å². The van der Waals surface area contributed by atoms with E-state index in [1.807, 2.05) is 0 Å². The lowest BCUT2D eigenvalue weighted by molar-refractivity contribution is 0.471. The van der Waals surface area contributed by atoms with E-state index in [2.05, 4.69) is 42.6 Å². The molecule has 1 nitrogen and oxygen atoms in total. The molecule has 0 saturated heterocycles. The monoisotopic (exact) mass is 241 g/mol. The van der Waals surface area contributed by atoms with Gasteiger partial charge >= 0.3 is 0 Å². The molecule has 0 amide bonds. The minimum atomic E-state index is 0.711. The molecule has 1 aromatic carbocycles. The summed E-state index contributed by atoms with van der Waals surface area (Å²) in [5.74, 6) is 0.935. The Morgan fingerprint density at radius 2 is 2.11 bits per heavy atom. The molecule has 96 valence electrons. The van der Waals surface area contributed by atoms with Crippen molar-refractivity contribution in [2.45, 2.75) is 45.1 Å². The van der Waals surface area contributed by atoms with Crippen LogP contribution in [0.4, 0.5) is 0 Å². The first-order valence-corrected chi connectivity index (χ1v) is 7.39. The van der Waals surface area contributed by atoms with Gasteiger partial charge in [-0.25, -0.2) is 0 Å². The van der Waals surface area contributed by atoms with Gasteiger partial charge in [0.25, 0.3) is 0 Å². The van der Waals surface area contributed by atoms with Crippen molar-refractivity contribution >= 4 is 5.57 Å². The molecule has 1 heteroatoms. The van der Waals surface area contributed by atoms with E-state index >= 15 is 0 Å². The van der Waals surface area contributed by atoms with E-state index in [4.69, 9.17) is 0 Å². The number of fused-ring (bicyclic) bond motifs is 1. The molecule has 1 aromatic rings. The van der Waals surface area contributed by atoms with Crippen LogP contribution in [0, 0.1) is 5.92 Å². The maximum atomic E-state index is 3.75. The van der Waals surface area contributed by atoms with E-state index in [1.165, 1.54) is 36.8 Å². The summed E-state index contributed by atoms with van der Waals surface area (Å²) in [5.41, 5.74) is 4.59. The van der Waals surface area contributed by atoms with Crippen LogP contribution in [-0.2, 0) is 6.42 Å². The summed E-state index contributed by atoms with van der Waals surface area (Å²) in [6.45, 7) is 3.41. The van der Waals surface area contributed by atoms with Crippen molar-refractivity contribution in [2.75, 3.05) is 6.54 Å². The lowest BCUT2D eigenvalue weighted by Gasteiger charge is -2.19. The first-order valence-electron chi connectivity index (χ1n) is 7.39. The number of rotatable bonds is 6. The topological polar surface area (TPSA) is 12.0 Å². The molecule has 0 aromatic heterocycles. The van der Waals surface area contributed by atoms with Crippen LogP contribution >= 0.6 is 0 Å². The minimum absolute atomic E-state index is 0.711. The molecule has 3 rings (SSSR count). The van der Waals surface area contributed by atoms with Gasteiger partial charge < -0.3 is 5.32 Å². The molecule has 1 unspecified atom stereocenters. The molecule has 0 spiro atoms. The maximum Gasteiger partial charge on any atom is 0.0136 e. The summed E-state index contributed by atoms with van der Waals surface area (Å²) >= 11 is 0. The van der Waals surface area contributed by atoms with Crippen molar-refractivity contribution in [1.82, 2.24) is 5.32 Å².